The van der Waals surface area contributed by atoms with Gasteiger partial charge in [-0.2, -0.15) is 0 Å². The van der Waals surface area contributed by atoms with Crippen molar-refractivity contribution < 1.29 is 9.66 Å². The molecule has 8 heteroatoms. The minimum absolute atomic E-state index is 0.131. The highest BCUT2D eigenvalue weighted by Crippen LogP contribution is 2.23. The number of hydrogen-bond acceptors (Lipinski definition) is 6. The molecule has 1 aliphatic heterocycles. The van der Waals surface area contributed by atoms with Gasteiger partial charge in [0.05, 0.1) is 0 Å². The minimum atomic E-state index is -0.538. The zero-order valence-corrected chi connectivity index (χ0v) is 5.93. The molecular weight excluding hydrogens is 166 g/mol. The van der Waals surface area contributed by atoms with Crippen LogP contribution in [0.1, 0.15) is 0 Å². The van der Waals surface area contributed by atoms with Crippen molar-refractivity contribution in [2.45, 2.75) is 0 Å². The Labute approximate surface area is 66.2 Å². The number of fused-ring (bicyclic) bond motifs is 1. The van der Waals surface area contributed by atoms with Crippen LogP contribution in [0, 0.1) is 10.1 Å². The highest BCUT2D eigenvalue weighted by molar-refractivity contribution is 5.60. The third kappa shape index (κ3) is 0.847. The molecule has 0 fully saturated rings. The minimum Gasteiger partial charge on any atom is -0.362 e. The molecule has 2 heterocycles. The first-order valence-corrected chi connectivity index (χ1v) is 3.27. The summed E-state index contributed by atoms with van der Waals surface area (Å²) in [6, 6.07) is 0. The SMILES string of the molecule is O=[N+]([O-])N1CCNc2nonc21. The fourth-order valence-corrected chi connectivity index (χ4v) is 1.01. The Morgan fingerprint density at radius 2 is 2.50 bits per heavy atom. The van der Waals surface area contributed by atoms with Crippen LogP contribution in [-0.4, -0.2) is 28.4 Å². The predicted molar refractivity (Wildman–Crippen MR) is 37.1 cm³/mol. The molecule has 0 radical (unpaired) electrons. The number of hydrazine groups is 1. The monoisotopic (exact) mass is 171 g/mol. The van der Waals surface area contributed by atoms with Crippen molar-refractivity contribution in [3.63, 3.8) is 0 Å². The zero-order chi connectivity index (χ0) is 8.55. The molecule has 8 nitrogen and oxygen atoms in total. The van der Waals surface area contributed by atoms with Gasteiger partial charge in [-0.3, -0.25) is 0 Å². The lowest BCUT2D eigenvalue weighted by Crippen LogP contribution is -2.38. The van der Waals surface area contributed by atoms with Gasteiger partial charge in [0.15, 0.2) is 5.03 Å². The normalized spacial score (nSPS) is 15.2. The molecule has 0 saturated heterocycles. The number of anilines is 2. The van der Waals surface area contributed by atoms with Crippen molar-refractivity contribution in [2.75, 3.05) is 23.4 Å². The molecule has 1 aromatic heterocycles. The molecule has 2 rings (SSSR count). The lowest BCUT2D eigenvalue weighted by Gasteiger charge is -2.16. The van der Waals surface area contributed by atoms with Crippen LogP contribution < -0.4 is 10.3 Å². The fourth-order valence-electron chi connectivity index (χ4n) is 1.01. The van der Waals surface area contributed by atoms with Gasteiger partial charge in [-0.25, -0.2) is 14.7 Å². The van der Waals surface area contributed by atoms with Crippen LogP contribution in [0.5, 0.6) is 0 Å². The Morgan fingerprint density at radius 1 is 1.67 bits per heavy atom. The Balaban J connectivity index is 2.37. The molecule has 0 bridgehead atoms. The van der Waals surface area contributed by atoms with Gasteiger partial charge in [0.25, 0.3) is 5.82 Å². The van der Waals surface area contributed by atoms with E-state index in [9.17, 15) is 10.1 Å². The van der Waals surface area contributed by atoms with E-state index in [-0.39, 0.29) is 12.4 Å². The fraction of sp³-hybridized carbons (Fsp3) is 0.500. The van der Waals surface area contributed by atoms with Crippen LogP contribution in [0.25, 0.3) is 0 Å². The van der Waals surface area contributed by atoms with Crippen molar-refractivity contribution in [2.24, 2.45) is 0 Å². The molecule has 0 unspecified atom stereocenters. The summed E-state index contributed by atoms with van der Waals surface area (Å²) in [4.78, 5) is 10.4. The molecule has 0 aromatic carbocycles. The van der Waals surface area contributed by atoms with Crippen molar-refractivity contribution in [3.05, 3.63) is 10.1 Å². The second-order valence-electron chi connectivity index (χ2n) is 2.22. The Bertz CT molecular complexity index is 309. The third-order valence-electron chi connectivity index (χ3n) is 1.53. The van der Waals surface area contributed by atoms with Crippen LogP contribution in [0.15, 0.2) is 4.63 Å². The molecule has 0 spiro atoms. The second kappa shape index (κ2) is 2.32. The molecule has 1 N–H and O–H groups in total. The predicted octanol–water partition coefficient (Wildman–Crippen LogP) is -0.507. The van der Waals surface area contributed by atoms with Gasteiger partial charge >= 0.3 is 0 Å². The van der Waals surface area contributed by atoms with E-state index in [2.05, 4.69) is 20.3 Å². The largest absolute Gasteiger partial charge is 0.362 e. The number of nitrogens with one attached hydrogen (secondary N) is 1. The average Bonchev–Trinajstić information content (AvgIpc) is 2.49. The maximum absolute atomic E-state index is 10.4. The van der Waals surface area contributed by atoms with Gasteiger partial charge in [-0.05, 0) is 10.3 Å². The quantitative estimate of drug-likeness (QED) is 0.449. The molecular formula is C4H5N5O3. The van der Waals surface area contributed by atoms with E-state index in [0.717, 1.165) is 5.01 Å². The van der Waals surface area contributed by atoms with Gasteiger partial charge in [-0.15, -0.1) is 0 Å². The molecule has 0 aliphatic carbocycles. The van der Waals surface area contributed by atoms with Gasteiger partial charge in [0, 0.05) is 6.54 Å². The number of nitrogens with zero attached hydrogens (tertiary/aromatic N) is 4. The molecule has 0 atom stereocenters. The van der Waals surface area contributed by atoms with Crippen molar-refractivity contribution in [1.29, 1.82) is 0 Å². The summed E-state index contributed by atoms with van der Waals surface area (Å²) in [5.74, 6) is 0.448. The Morgan fingerprint density at radius 3 is 3.25 bits per heavy atom. The molecule has 0 amide bonds. The Hall–Kier alpha value is -1.86. The van der Waals surface area contributed by atoms with Crippen molar-refractivity contribution in [1.82, 2.24) is 10.3 Å². The van der Waals surface area contributed by atoms with E-state index in [4.69, 9.17) is 0 Å². The number of rotatable bonds is 1. The first kappa shape index (κ1) is 6.83. The lowest BCUT2D eigenvalue weighted by molar-refractivity contribution is -0.495. The van der Waals surface area contributed by atoms with Crippen molar-refractivity contribution >= 4 is 11.6 Å². The summed E-state index contributed by atoms with van der Waals surface area (Å²) >= 11 is 0. The molecule has 1 aliphatic rings. The van der Waals surface area contributed by atoms with Crippen LogP contribution in [0.2, 0.25) is 0 Å². The van der Waals surface area contributed by atoms with Gasteiger partial charge < -0.3 is 5.32 Å². The van der Waals surface area contributed by atoms with E-state index in [1.165, 1.54) is 0 Å². The summed E-state index contributed by atoms with van der Waals surface area (Å²) in [5, 5.41) is 20.4. The topological polar surface area (TPSA) is 97.3 Å². The Kier molecular flexibility index (Phi) is 1.32. The standard InChI is InChI=1S/C4H5N5O3/c10-9(11)8-2-1-5-3-4(8)7-12-6-3/h1-2H2,(H,5,6). The first-order chi connectivity index (χ1) is 5.79. The van der Waals surface area contributed by atoms with E-state index in [0.29, 0.717) is 12.4 Å². The average molecular weight is 171 g/mol. The van der Waals surface area contributed by atoms with Crippen LogP contribution in [0.4, 0.5) is 11.6 Å². The number of aromatic nitrogens is 2. The van der Waals surface area contributed by atoms with E-state index in [1.807, 2.05) is 0 Å². The van der Waals surface area contributed by atoms with Gasteiger partial charge in [0.1, 0.15) is 6.54 Å². The van der Waals surface area contributed by atoms with Crippen LogP contribution in [-0.2, 0) is 0 Å². The molecule has 1 aromatic rings. The van der Waals surface area contributed by atoms with Gasteiger partial charge in [-0.1, -0.05) is 5.01 Å². The maximum Gasteiger partial charge on any atom is 0.280 e. The number of hydrogen-bond donors (Lipinski definition) is 1. The summed E-state index contributed by atoms with van der Waals surface area (Å²) in [6.45, 7) is 0.719. The zero-order valence-electron chi connectivity index (χ0n) is 5.93. The highest BCUT2D eigenvalue weighted by atomic mass is 16.7. The first-order valence-electron chi connectivity index (χ1n) is 3.27. The van der Waals surface area contributed by atoms with E-state index in [1.54, 1.807) is 0 Å². The molecule has 12 heavy (non-hydrogen) atoms. The molecule has 0 saturated carbocycles. The maximum atomic E-state index is 10.4. The lowest BCUT2D eigenvalue weighted by atomic mass is 10.4. The number of nitro groups is 1. The summed E-state index contributed by atoms with van der Waals surface area (Å²) in [7, 11) is 0. The smallest absolute Gasteiger partial charge is 0.280 e. The van der Waals surface area contributed by atoms with E-state index >= 15 is 0 Å². The highest BCUT2D eigenvalue weighted by Gasteiger charge is 2.29. The second-order valence-corrected chi connectivity index (χ2v) is 2.22. The van der Waals surface area contributed by atoms with Crippen LogP contribution >= 0.6 is 0 Å². The molecule has 64 valence electrons. The third-order valence-corrected chi connectivity index (χ3v) is 1.53. The summed E-state index contributed by atoms with van der Waals surface area (Å²) in [6.07, 6.45) is 0. The summed E-state index contributed by atoms with van der Waals surface area (Å²) < 4.78 is 4.34. The summed E-state index contributed by atoms with van der Waals surface area (Å²) in [5.41, 5.74) is 0. The van der Waals surface area contributed by atoms with Gasteiger partial charge in [0.2, 0.25) is 5.82 Å². The van der Waals surface area contributed by atoms with E-state index < -0.39 is 5.03 Å². The van der Waals surface area contributed by atoms with Crippen LogP contribution in [0.3, 0.4) is 0 Å². The van der Waals surface area contributed by atoms with Crippen molar-refractivity contribution in [3.8, 4) is 0 Å².